The highest BCUT2D eigenvalue weighted by Crippen LogP contribution is 2.52. The van der Waals surface area contributed by atoms with Crippen molar-refractivity contribution in [1.29, 1.82) is 0 Å². The van der Waals surface area contributed by atoms with E-state index in [2.05, 4.69) is 5.32 Å². The molecular weight excluding hydrogens is 578 g/mol. The van der Waals surface area contributed by atoms with E-state index in [1.165, 1.54) is 25.3 Å². The standard InChI is InChI=1S/C31H35NO12/c1-4-6-20(35)32-16-9-21(43-13(2)26(16)36)44-18-11-31(41,19(34)12-33)10-15-23(18)30(40)25-24(28(15)38)27(37)14-7-5-8-17(42-3)22(14)29(25)39/h5,7-8,13,16,18,21,26,33,36,38,40-41H,4,6,9-12H2,1-3H3,(H,32,35)/t13-,16-,18-,21-,26+,31-/m0/s1. The molecule has 0 spiro atoms. The van der Waals surface area contributed by atoms with Gasteiger partial charge in [0, 0.05) is 42.4 Å². The van der Waals surface area contributed by atoms with Gasteiger partial charge in [-0.2, -0.15) is 0 Å². The second kappa shape index (κ2) is 11.9. The number of amides is 1. The summed E-state index contributed by atoms with van der Waals surface area (Å²) in [5.74, 6) is -4.20. The van der Waals surface area contributed by atoms with Gasteiger partial charge in [-0.25, -0.2) is 0 Å². The maximum atomic E-state index is 13.8. The number of fused-ring (bicyclic) bond motifs is 3. The fourth-order valence-electron chi connectivity index (χ4n) is 6.36. The number of ether oxygens (including phenoxy) is 3. The van der Waals surface area contributed by atoms with Crippen molar-refractivity contribution in [3.8, 4) is 17.2 Å². The lowest BCUT2D eigenvalue weighted by atomic mass is 9.72. The van der Waals surface area contributed by atoms with E-state index in [0.717, 1.165) is 0 Å². The van der Waals surface area contributed by atoms with Gasteiger partial charge < -0.3 is 45.1 Å². The van der Waals surface area contributed by atoms with Gasteiger partial charge in [-0.05, 0) is 19.4 Å². The number of carbonyl (C=O) groups is 4. The van der Waals surface area contributed by atoms with Gasteiger partial charge in [-0.15, -0.1) is 0 Å². The SMILES string of the molecule is CCCC(=O)N[C@H]1C[C@H](O[C@H]2C[C@](O)(C(=O)CO)Cc3c(O)c4c(c(O)c32)C(=O)c2c(OC)cccc2C4=O)O[C@@H](C)[C@H]1O. The molecule has 6 atom stereocenters. The van der Waals surface area contributed by atoms with Gasteiger partial charge in [0.2, 0.25) is 11.7 Å². The van der Waals surface area contributed by atoms with E-state index in [4.69, 9.17) is 14.2 Å². The van der Waals surface area contributed by atoms with Crippen molar-refractivity contribution in [3.05, 3.63) is 51.6 Å². The van der Waals surface area contributed by atoms with Crippen molar-refractivity contribution in [2.45, 2.75) is 82.2 Å². The molecule has 44 heavy (non-hydrogen) atoms. The summed E-state index contributed by atoms with van der Waals surface area (Å²) in [4.78, 5) is 52.4. The highest BCUT2D eigenvalue weighted by molar-refractivity contribution is 6.31. The lowest BCUT2D eigenvalue weighted by molar-refractivity contribution is -0.249. The van der Waals surface area contributed by atoms with E-state index < -0.39 is 95.7 Å². The van der Waals surface area contributed by atoms with E-state index >= 15 is 0 Å². The first-order valence-corrected chi connectivity index (χ1v) is 14.4. The number of ketones is 3. The van der Waals surface area contributed by atoms with Gasteiger partial charge in [-0.3, -0.25) is 19.2 Å². The summed E-state index contributed by atoms with van der Waals surface area (Å²) in [6.07, 6.45) is -4.82. The van der Waals surface area contributed by atoms with Gasteiger partial charge in [0.15, 0.2) is 17.9 Å². The van der Waals surface area contributed by atoms with Crippen molar-refractivity contribution in [2.24, 2.45) is 0 Å². The first-order chi connectivity index (χ1) is 20.9. The molecule has 3 aliphatic rings. The summed E-state index contributed by atoms with van der Waals surface area (Å²) in [5.41, 5.74) is -3.82. The third kappa shape index (κ3) is 5.14. The number of nitrogens with one attached hydrogen (secondary N) is 1. The number of Topliss-reactive ketones (excluding diaryl/α,β-unsaturated/α-hetero) is 1. The van der Waals surface area contributed by atoms with Gasteiger partial charge in [0.05, 0.1) is 42.0 Å². The predicted octanol–water partition coefficient (Wildman–Crippen LogP) is 0.959. The van der Waals surface area contributed by atoms with Crippen molar-refractivity contribution in [3.63, 3.8) is 0 Å². The van der Waals surface area contributed by atoms with Crippen LogP contribution >= 0.6 is 0 Å². The molecule has 1 saturated heterocycles. The van der Waals surface area contributed by atoms with Crippen LogP contribution in [0.25, 0.3) is 0 Å². The molecule has 13 heteroatoms. The van der Waals surface area contributed by atoms with E-state index in [1.54, 1.807) is 6.92 Å². The Kier molecular flexibility index (Phi) is 8.53. The highest BCUT2D eigenvalue weighted by Gasteiger charge is 2.50. The van der Waals surface area contributed by atoms with Crippen LogP contribution in [0.3, 0.4) is 0 Å². The topological polar surface area (TPSA) is 209 Å². The Hall–Kier alpha value is -3.88. The van der Waals surface area contributed by atoms with Crippen molar-refractivity contribution >= 4 is 23.3 Å². The third-order valence-electron chi connectivity index (χ3n) is 8.58. The van der Waals surface area contributed by atoms with Crippen LogP contribution in [0, 0.1) is 0 Å². The number of hydrogen-bond donors (Lipinski definition) is 6. The Labute approximate surface area is 252 Å². The summed E-state index contributed by atoms with van der Waals surface area (Å²) in [7, 11) is 1.32. The zero-order valence-electron chi connectivity index (χ0n) is 24.5. The van der Waals surface area contributed by atoms with Crippen LogP contribution in [0.5, 0.6) is 17.2 Å². The normalized spacial score (nSPS) is 27.6. The fourth-order valence-corrected chi connectivity index (χ4v) is 6.36. The zero-order chi connectivity index (χ0) is 32.1. The van der Waals surface area contributed by atoms with Crippen LogP contribution in [0.15, 0.2) is 18.2 Å². The number of carbonyl (C=O) groups excluding carboxylic acids is 4. The first kappa shape index (κ1) is 31.5. The number of aliphatic hydroxyl groups is 3. The summed E-state index contributed by atoms with van der Waals surface area (Å²) in [6, 6.07) is 3.56. The van der Waals surface area contributed by atoms with E-state index in [1.807, 2.05) is 6.92 Å². The number of benzene rings is 2. The van der Waals surface area contributed by atoms with Crippen molar-refractivity contribution in [1.82, 2.24) is 5.32 Å². The van der Waals surface area contributed by atoms with Gasteiger partial charge >= 0.3 is 0 Å². The number of rotatable bonds is 8. The molecule has 0 radical (unpaired) electrons. The van der Waals surface area contributed by atoms with Crippen LogP contribution in [-0.2, 0) is 25.5 Å². The molecule has 1 amide bonds. The Balaban J connectivity index is 1.61. The molecule has 0 unspecified atom stereocenters. The van der Waals surface area contributed by atoms with Crippen molar-refractivity contribution in [2.75, 3.05) is 13.7 Å². The highest BCUT2D eigenvalue weighted by atomic mass is 16.7. The van der Waals surface area contributed by atoms with E-state index in [9.17, 15) is 44.7 Å². The molecule has 13 nitrogen and oxygen atoms in total. The summed E-state index contributed by atoms with van der Waals surface area (Å²) in [6.45, 7) is 2.35. The second-order valence-corrected chi connectivity index (χ2v) is 11.4. The van der Waals surface area contributed by atoms with Crippen LogP contribution < -0.4 is 10.1 Å². The number of aliphatic hydroxyl groups excluding tert-OH is 2. The lowest BCUT2D eigenvalue weighted by Gasteiger charge is -2.43. The fraction of sp³-hybridized carbons (Fsp3) is 0.484. The average Bonchev–Trinajstić information content (AvgIpc) is 2.99. The molecule has 2 aliphatic carbocycles. The van der Waals surface area contributed by atoms with Crippen LogP contribution in [-0.4, -0.2) is 92.6 Å². The molecule has 6 N–H and O–H groups in total. The largest absolute Gasteiger partial charge is 0.507 e. The molecule has 0 saturated carbocycles. The second-order valence-electron chi connectivity index (χ2n) is 11.4. The molecule has 2 aromatic rings. The summed E-state index contributed by atoms with van der Waals surface area (Å²) >= 11 is 0. The zero-order valence-corrected chi connectivity index (χ0v) is 24.5. The number of aromatic hydroxyl groups is 2. The third-order valence-corrected chi connectivity index (χ3v) is 8.58. The number of methoxy groups -OCH3 is 1. The Morgan fingerprint density at radius 3 is 2.48 bits per heavy atom. The van der Waals surface area contributed by atoms with Crippen LogP contribution in [0.2, 0.25) is 0 Å². The molecule has 1 aliphatic heterocycles. The Morgan fingerprint density at radius 1 is 1.11 bits per heavy atom. The molecule has 1 heterocycles. The molecule has 1 fully saturated rings. The quantitative estimate of drug-likeness (QED) is 0.196. The summed E-state index contributed by atoms with van der Waals surface area (Å²) in [5, 5.41) is 57.5. The molecular formula is C31H35NO12. The monoisotopic (exact) mass is 613 g/mol. The van der Waals surface area contributed by atoms with Crippen molar-refractivity contribution < 1.29 is 58.9 Å². The lowest BCUT2D eigenvalue weighted by Crippen LogP contribution is -2.55. The number of phenolic OH excluding ortho intramolecular Hbond substituents is 2. The number of hydrogen-bond acceptors (Lipinski definition) is 12. The molecule has 2 aromatic carbocycles. The number of phenols is 2. The first-order valence-electron chi connectivity index (χ1n) is 14.4. The Morgan fingerprint density at radius 2 is 1.82 bits per heavy atom. The minimum Gasteiger partial charge on any atom is -0.507 e. The van der Waals surface area contributed by atoms with Gasteiger partial charge in [0.25, 0.3) is 0 Å². The minimum absolute atomic E-state index is 0.0567. The van der Waals surface area contributed by atoms with Gasteiger partial charge in [-0.1, -0.05) is 19.1 Å². The Bertz CT molecular complexity index is 1540. The smallest absolute Gasteiger partial charge is 0.220 e. The predicted molar refractivity (Wildman–Crippen MR) is 151 cm³/mol. The van der Waals surface area contributed by atoms with E-state index in [0.29, 0.717) is 6.42 Å². The van der Waals surface area contributed by atoms with Crippen LogP contribution in [0.1, 0.15) is 88.6 Å². The molecule has 236 valence electrons. The van der Waals surface area contributed by atoms with E-state index in [-0.39, 0.29) is 46.8 Å². The molecule has 5 rings (SSSR count). The van der Waals surface area contributed by atoms with Crippen LogP contribution in [0.4, 0.5) is 0 Å². The molecule has 0 aromatic heterocycles. The maximum Gasteiger partial charge on any atom is 0.220 e. The summed E-state index contributed by atoms with van der Waals surface area (Å²) < 4.78 is 17.3. The van der Waals surface area contributed by atoms with Gasteiger partial charge in [0.1, 0.15) is 35.6 Å². The average molecular weight is 614 g/mol. The molecule has 0 bridgehead atoms. The maximum absolute atomic E-state index is 13.8. The minimum atomic E-state index is -2.29.